The molecule has 186 valence electrons. The Morgan fingerprint density at radius 3 is 0.818 bits per heavy atom. The van der Waals surface area contributed by atoms with E-state index in [9.17, 15) is 0 Å². The minimum atomic E-state index is 0.0881. The molecule has 0 aliphatic carbocycles. The standard InChI is InChI=1S/C30H51N3/c1-25(2)16-22(28(7,8)31-25)19-13-20(23-17-26(3,4)32-29(23,9)10)15-21(14-19)24-18-27(5,6)33-30(24,11)12/h13-15,22-24,31-33H,16-18H2,1-12H3. The molecule has 3 saturated heterocycles. The Hall–Kier alpha value is -0.900. The summed E-state index contributed by atoms with van der Waals surface area (Å²) in [5.74, 6) is 1.55. The van der Waals surface area contributed by atoms with E-state index in [4.69, 9.17) is 0 Å². The maximum atomic E-state index is 3.93. The van der Waals surface area contributed by atoms with Crippen molar-refractivity contribution in [1.29, 1.82) is 0 Å². The van der Waals surface area contributed by atoms with Crippen molar-refractivity contribution in [2.75, 3.05) is 0 Å². The Kier molecular flexibility index (Phi) is 5.58. The zero-order valence-corrected chi connectivity index (χ0v) is 23.6. The van der Waals surface area contributed by atoms with Gasteiger partial charge in [-0.3, -0.25) is 0 Å². The Balaban J connectivity index is 1.85. The van der Waals surface area contributed by atoms with Crippen molar-refractivity contribution in [3.8, 4) is 0 Å². The first-order valence-electron chi connectivity index (χ1n) is 13.2. The van der Waals surface area contributed by atoms with Gasteiger partial charge in [-0.2, -0.15) is 0 Å². The summed E-state index contributed by atoms with van der Waals surface area (Å²) in [5, 5.41) is 11.8. The van der Waals surface area contributed by atoms with E-state index in [1.807, 2.05) is 0 Å². The van der Waals surface area contributed by atoms with Gasteiger partial charge in [-0.15, -0.1) is 0 Å². The van der Waals surface area contributed by atoms with E-state index in [0.717, 1.165) is 0 Å². The third-order valence-corrected chi connectivity index (χ3v) is 8.95. The molecular weight excluding hydrogens is 402 g/mol. The summed E-state index contributed by atoms with van der Waals surface area (Å²) < 4.78 is 0. The third-order valence-electron chi connectivity index (χ3n) is 8.95. The van der Waals surface area contributed by atoms with E-state index >= 15 is 0 Å². The van der Waals surface area contributed by atoms with Crippen LogP contribution in [-0.2, 0) is 0 Å². The Morgan fingerprint density at radius 1 is 0.455 bits per heavy atom. The van der Waals surface area contributed by atoms with E-state index in [2.05, 4.69) is 117 Å². The average Bonchev–Trinajstić information content (AvgIpc) is 3.06. The molecule has 0 radical (unpaired) electrons. The molecule has 33 heavy (non-hydrogen) atoms. The number of benzene rings is 1. The molecule has 3 N–H and O–H groups in total. The summed E-state index contributed by atoms with van der Waals surface area (Å²) in [4.78, 5) is 0. The van der Waals surface area contributed by atoms with Gasteiger partial charge in [0.15, 0.2) is 0 Å². The van der Waals surface area contributed by atoms with Gasteiger partial charge >= 0.3 is 0 Å². The van der Waals surface area contributed by atoms with Crippen LogP contribution in [0.15, 0.2) is 18.2 Å². The van der Waals surface area contributed by atoms with Crippen molar-refractivity contribution < 1.29 is 0 Å². The predicted octanol–water partition coefficient (Wildman–Crippen LogP) is 6.59. The van der Waals surface area contributed by atoms with E-state index in [-0.39, 0.29) is 33.2 Å². The lowest BCUT2D eigenvalue weighted by molar-refractivity contribution is 0.355. The number of nitrogens with one attached hydrogen (secondary N) is 3. The molecule has 1 aromatic carbocycles. The maximum Gasteiger partial charge on any atom is 0.0199 e. The quantitative estimate of drug-likeness (QED) is 0.483. The van der Waals surface area contributed by atoms with E-state index < -0.39 is 0 Å². The van der Waals surface area contributed by atoms with E-state index in [1.165, 1.54) is 36.0 Å². The fourth-order valence-corrected chi connectivity index (χ4v) is 8.24. The van der Waals surface area contributed by atoms with Crippen molar-refractivity contribution in [2.45, 2.75) is 153 Å². The van der Waals surface area contributed by atoms with Gasteiger partial charge in [-0.1, -0.05) is 18.2 Å². The Labute approximate surface area is 204 Å². The van der Waals surface area contributed by atoms with Crippen LogP contribution in [0.3, 0.4) is 0 Å². The highest BCUT2D eigenvalue weighted by molar-refractivity contribution is 5.42. The van der Waals surface area contributed by atoms with Crippen molar-refractivity contribution in [3.63, 3.8) is 0 Å². The molecule has 3 fully saturated rings. The molecule has 0 saturated carbocycles. The second kappa shape index (κ2) is 7.31. The van der Waals surface area contributed by atoms with Crippen LogP contribution in [0, 0.1) is 0 Å². The van der Waals surface area contributed by atoms with Crippen LogP contribution >= 0.6 is 0 Å². The van der Waals surface area contributed by atoms with Crippen LogP contribution < -0.4 is 16.0 Å². The minimum Gasteiger partial charge on any atom is -0.306 e. The Morgan fingerprint density at radius 2 is 0.667 bits per heavy atom. The molecule has 3 unspecified atom stereocenters. The highest BCUT2D eigenvalue weighted by Crippen LogP contribution is 2.49. The third kappa shape index (κ3) is 4.80. The topological polar surface area (TPSA) is 36.1 Å². The largest absolute Gasteiger partial charge is 0.306 e. The van der Waals surface area contributed by atoms with Crippen LogP contribution in [0.5, 0.6) is 0 Å². The molecule has 0 bridgehead atoms. The first-order chi connectivity index (χ1) is 14.7. The summed E-state index contributed by atoms with van der Waals surface area (Å²) in [6.45, 7) is 28.5. The van der Waals surface area contributed by atoms with Gasteiger partial charge in [-0.25, -0.2) is 0 Å². The van der Waals surface area contributed by atoms with Crippen LogP contribution in [0.25, 0.3) is 0 Å². The first kappa shape index (κ1) is 25.2. The summed E-state index contributed by atoms with van der Waals surface area (Å²) in [7, 11) is 0. The highest BCUT2D eigenvalue weighted by atomic mass is 15.1. The second-order valence-corrected chi connectivity index (χ2v) is 15.4. The summed E-state index contributed by atoms with van der Waals surface area (Å²) >= 11 is 0. The predicted molar refractivity (Wildman–Crippen MR) is 142 cm³/mol. The molecule has 0 spiro atoms. The lowest BCUT2D eigenvalue weighted by Gasteiger charge is -2.34. The van der Waals surface area contributed by atoms with Crippen molar-refractivity contribution in [1.82, 2.24) is 16.0 Å². The van der Waals surface area contributed by atoms with E-state index in [0.29, 0.717) is 17.8 Å². The second-order valence-electron chi connectivity index (χ2n) is 15.4. The molecule has 3 aliphatic rings. The van der Waals surface area contributed by atoms with Gasteiger partial charge in [0.25, 0.3) is 0 Å². The van der Waals surface area contributed by atoms with Crippen molar-refractivity contribution in [3.05, 3.63) is 34.9 Å². The molecule has 4 rings (SSSR count). The molecule has 1 aromatic rings. The van der Waals surface area contributed by atoms with Gasteiger partial charge in [0, 0.05) is 51.0 Å². The van der Waals surface area contributed by atoms with Gasteiger partial charge in [0.05, 0.1) is 0 Å². The van der Waals surface area contributed by atoms with Crippen LogP contribution in [0.2, 0.25) is 0 Å². The van der Waals surface area contributed by atoms with Crippen LogP contribution in [-0.4, -0.2) is 33.2 Å². The molecular formula is C30H51N3. The highest BCUT2D eigenvalue weighted by Gasteiger charge is 2.49. The van der Waals surface area contributed by atoms with Crippen LogP contribution in [0.4, 0.5) is 0 Å². The Bertz CT molecular complexity index is 787. The van der Waals surface area contributed by atoms with E-state index in [1.54, 1.807) is 0 Å². The number of hydrogen-bond acceptors (Lipinski definition) is 3. The minimum absolute atomic E-state index is 0.0881. The SMILES string of the molecule is CC1(C)CC(c2cc(C3CC(C)(C)NC3(C)C)cc(C3CC(C)(C)NC3(C)C)c2)C(C)(C)N1. The lowest BCUT2D eigenvalue weighted by atomic mass is 9.73. The zero-order chi connectivity index (χ0) is 24.8. The fourth-order valence-electron chi connectivity index (χ4n) is 8.24. The lowest BCUT2D eigenvalue weighted by Crippen LogP contribution is -2.45. The monoisotopic (exact) mass is 453 g/mol. The van der Waals surface area contributed by atoms with Crippen molar-refractivity contribution in [2.24, 2.45) is 0 Å². The smallest absolute Gasteiger partial charge is 0.0199 e. The molecule has 0 aromatic heterocycles. The summed E-state index contributed by atoms with van der Waals surface area (Å²) in [6.07, 6.45) is 3.54. The molecule has 3 heterocycles. The number of hydrogen-bond donors (Lipinski definition) is 3. The summed E-state index contributed by atoms with van der Waals surface area (Å²) in [6, 6.07) is 7.74. The maximum absolute atomic E-state index is 3.93. The van der Waals surface area contributed by atoms with Crippen LogP contribution in [0.1, 0.15) is 137 Å². The molecule has 0 amide bonds. The molecule has 3 aliphatic heterocycles. The molecule has 3 heteroatoms. The molecule has 3 nitrogen and oxygen atoms in total. The normalized spacial score (nSPS) is 35.1. The summed E-state index contributed by atoms with van der Waals surface area (Å²) in [5.41, 5.74) is 5.36. The van der Waals surface area contributed by atoms with Gasteiger partial charge < -0.3 is 16.0 Å². The number of rotatable bonds is 3. The first-order valence-corrected chi connectivity index (χ1v) is 13.2. The van der Waals surface area contributed by atoms with Gasteiger partial charge in [-0.05, 0) is 119 Å². The fraction of sp³-hybridized carbons (Fsp3) is 0.800. The van der Waals surface area contributed by atoms with Crippen molar-refractivity contribution >= 4 is 0 Å². The molecule has 3 atom stereocenters. The average molecular weight is 454 g/mol. The van der Waals surface area contributed by atoms with Gasteiger partial charge in [0.2, 0.25) is 0 Å². The zero-order valence-electron chi connectivity index (χ0n) is 23.6. The van der Waals surface area contributed by atoms with Gasteiger partial charge in [0.1, 0.15) is 0 Å².